The van der Waals surface area contributed by atoms with Gasteiger partial charge in [-0.1, -0.05) is 18.5 Å². The average Bonchev–Trinajstić information content (AvgIpc) is 2.38. The first-order chi connectivity index (χ1) is 9.27. The molecule has 1 aromatic rings. The van der Waals surface area contributed by atoms with Crippen LogP contribution in [0, 0.1) is 0 Å². The number of benzene rings is 1. The Morgan fingerprint density at radius 3 is 2.40 bits per heavy atom. The summed E-state index contributed by atoms with van der Waals surface area (Å²) >= 11 is 5.73. The summed E-state index contributed by atoms with van der Waals surface area (Å²) in [5.41, 5.74) is 0. The quantitative estimate of drug-likeness (QED) is 0.871. The van der Waals surface area contributed by atoms with Crippen molar-refractivity contribution < 1.29 is 13.2 Å². The van der Waals surface area contributed by atoms with E-state index in [9.17, 15) is 13.2 Å². The van der Waals surface area contributed by atoms with Gasteiger partial charge in [0.15, 0.2) is 0 Å². The van der Waals surface area contributed by atoms with Gasteiger partial charge in [-0.2, -0.15) is 4.31 Å². The van der Waals surface area contributed by atoms with Crippen LogP contribution in [0.2, 0.25) is 5.02 Å². The molecule has 0 fully saturated rings. The molecule has 0 heterocycles. The molecule has 0 unspecified atom stereocenters. The number of likely N-dealkylation sites (N-methyl/N-ethyl adjacent to an activating group) is 1. The van der Waals surface area contributed by atoms with E-state index >= 15 is 0 Å². The lowest BCUT2D eigenvalue weighted by molar-refractivity contribution is -0.121. The zero-order valence-corrected chi connectivity index (χ0v) is 13.3. The minimum Gasteiger partial charge on any atom is -0.353 e. The third kappa shape index (κ3) is 4.47. The van der Waals surface area contributed by atoms with Gasteiger partial charge in [-0.15, -0.1) is 0 Å². The molecule has 1 N–H and O–H groups in total. The molecule has 0 aliphatic rings. The van der Waals surface area contributed by atoms with Crippen molar-refractivity contribution in [3.63, 3.8) is 0 Å². The van der Waals surface area contributed by atoms with E-state index in [-0.39, 0.29) is 23.4 Å². The molecule has 1 rings (SSSR count). The number of hydrogen-bond acceptors (Lipinski definition) is 3. The van der Waals surface area contributed by atoms with E-state index in [1.54, 1.807) is 0 Å². The molecule has 0 aliphatic carbocycles. The summed E-state index contributed by atoms with van der Waals surface area (Å²) in [6, 6.07) is 5.86. The van der Waals surface area contributed by atoms with Crippen LogP contribution < -0.4 is 5.32 Å². The van der Waals surface area contributed by atoms with E-state index in [0.29, 0.717) is 5.02 Å². The third-order valence-corrected chi connectivity index (χ3v) is 4.98. The lowest BCUT2D eigenvalue weighted by atomic mass is 10.2. The van der Waals surface area contributed by atoms with Gasteiger partial charge in [0, 0.05) is 18.1 Å². The minimum atomic E-state index is -3.68. The van der Waals surface area contributed by atoms with Crippen LogP contribution >= 0.6 is 11.6 Å². The molecular weight excluding hydrogens is 300 g/mol. The zero-order chi connectivity index (χ0) is 15.3. The maximum Gasteiger partial charge on any atom is 0.243 e. The fourth-order valence-corrected chi connectivity index (χ4v) is 2.75. The van der Waals surface area contributed by atoms with Gasteiger partial charge in [0.2, 0.25) is 15.9 Å². The predicted molar refractivity (Wildman–Crippen MR) is 79.2 cm³/mol. The van der Waals surface area contributed by atoms with Crippen LogP contribution in [0.1, 0.15) is 20.3 Å². The smallest absolute Gasteiger partial charge is 0.243 e. The maximum atomic E-state index is 12.2. The molecular formula is C13H19ClN2O3S. The van der Waals surface area contributed by atoms with E-state index in [0.717, 1.165) is 10.7 Å². The van der Waals surface area contributed by atoms with Crippen molar-refractivity contribution in [1.29, 1.82) is 0 Å². The summed E-state index contributed by atoms with van der Waals surface area (Å²) in [5.74, 6) is -0.320. The number of rotatable bonds is 6. The summed E-state index contributed by atoms with van der Waals surface area (Å²) in [6.07, 6.45) is 0.791. The van der Waals surface area contributed by atoms with Crippen LogP contribution in [-0.2, 0) is 14.8 Å². The summed E-state index contributed by atoms with van der Waals surface area (Å²) in [5, 5.41) is 3.19. The molecule has 0 aromatic heterocycles. The highest BCUT2D eigenvalue weighted by Gasteiger charge is 2.23. The molecule has 0 spiro atoms. The molecule has 1 aromatic carbocycles. The molecule has 0 bridgehead atoms. The van der Waals surface area contributed by atoms with Gasteiger partial charge >= 0.3 is 0 Å². The Balaban J connectivity index is 2.77. The number of carbonyl (C=O) groups is 1. The molecule has 0 saturated heterocycles. The highest BCUT2D eigenvalue weighted by molar-refractivity contribution is 7.89. The lowest BCUT2D eigenvalue weighted by Gasteiger charge is -2.18. The Hall–Kier alpha value is -1.11. The molecule has 20 heavy (non-hydrogen) atoms. The van der Waals surface area contributed by atoms with Gasteiger partial charge in [0.25, 0.3) is 0 Å². The fraction of sp³-hybridized carbons (Fsp3) is 0.462. The molecule has 1 amide bonds. The Labute approximate surface area is 125 Å². The zero-order valence-electron chi connectivity index (χ0n) is 11.8. The number of carbonyl (C=O) groups excluding carboxylic acids is 1. The maximum absolute atomic E-state index is 12.2. The third-order valence-electron chi connectivity index (χ3n) is 2.91. The van der Waals surface area contributed by atoms with Crippen molar-refractivity contribution >= 4 is 27.5 Å². The largest absolute Gasteiger partial charge is 0.353 e. The van der Waals surface area contributed by atoms with Crippen molar-refractivity contribution in [2.24, 2.45) is 0 Å². The normalized spacial score (nSPS) is 13.2. The van der Waals surface area contributed by atoms with Crippen molar-refractivity contribution in [3.8, 4) is 0 Å². The molecule has 0 radical (unpaired) electrons. The first-order valence-corrected chi connectivity index (χ1v) is 8.10. The van der Waals surface area contributed by atoms with Crippen molar-refractivity contribution in [2.45, 2.75) is 31.2 Å². The summed E-state index contributed by atoms with van der Waals surface area (Å²) in [4.78, 5) is 11.8. The Morgan fingerprint density at radius 2 is 1.90 bits per heavy atom. The first-order valence-electron chi connectivity index (χ1n) is 6.28. The summed E-state index contributed by atoms with van der Waals surface area (Å²) < 4.78 is 25.5. The number of amides is 1. The van der Waals surface area contributed by atoms with E-state index in [2.05, 4.69) is 5.32 Å². The van der Waals surface area contributed by atoms with E-state index in [1.165, 1.54) is 31.3 Å². The highest BCUT2D eigenvalue weighted by atomic mass is 35.5. The standard InChI is InChI=1S/C13H19ClN2O3S/c1-4-10(2)15-13(17)9-16(3)20(18,19)12-7-5-11(14)6-8-12/h5-8,10H,4,9H2,1-3H3,(H,15,17)/t10-/m0/s1. The Morgan fingerprint density at radius 1 is 1.35 bits per heavy atom. The van der Waals surface area contributed by atoms with Gasteiger partial charge in [-0.3, -0.25) is 4.79 Å². The molecule has 112 valence electrons. The van der Waals surface area contributed by atoms with Gasteiger partial charge in [-0.25, -0.2) is 8.42 Å². The van der Waals surface area contributed by atoms with Gasteiger partial charge in [0.1, 0.15) is 0 Å². The number of sulfonamides is 1. The summed E-state index contributed by atoms with van der Waals surface area (Å²) in [6.45, 7) is 3.60. The second-order valence-electron chi connectivity index (χ2n) is 4.59. The number of nitrogens with zero attached hydrogens (tertiary/aromatic N) is 1. The summed E-state index contributed by atoms with van der Waals surface area (Å²) in [7, 11) is -2.30. The van der Waals surface area contributed by atoms with Gasteiger partial charge in [0.05, 0.1) is 11.4 Å². The molecule has 0 saturated carbocycles. The molecule has 1 atom stereocenters. The van der Waals surface area contributed by atoms with Gasteiger partial charge < -0.3 is 5.32 Å². The lowest BCUT2D eigenvalue weighted by Crippen LogP contribution is -2.41. The van der Waals surface area contributed by atoms with Crippen LogP contribution in [0.3, 0.4) is 0 Å². The van der Waals surface area contributed by atoms with Crippen molar-refractivity contribution in [3.05, 3.63) is 29.3 Å². The van der Waals surface area contributed by atoms with Crippen molar-refractivity contribution in [1.82, 2.24) is 9.62 Å². The topological polar surface area (TPSA) is 66.5 Å². The van der Waals surface area contributed by atoms with Crippen LogP contribution in [-0.4, -0.2) is 38.3 Å². The Bertz CT molecular complexity index is 557. The van der Waals surface area contributed by atoms with Gasteiger partial charge in [-0.05, 0) is 37.6 Å². The first kappa shape index (κ1) is 16.9. The van der Waals surface area contributed by atoms with E-state index < -0.39 is 10.0 Å². The van der Waals surface area contributed by atoms with Crippen molar-refractivity contribution in [2.75, 3.05) is 13.6 Å². The predicted octanol–water partition coefficient (Wildman–Crippen LogP) is 1.88. The monoisotopic (exact) mass is 318 g/mol. The van der Waals surface area contributed by atoms with Crippen LogP contribution in [0.5, 0.6) is 0 Å². The fourth-order valence-electron chi connectivity index (χ4n) is 1.50. The van der Waals surface area contributed by atoms with E-state index in [1.807, 2.05) is 13.8 Å². The highest BCUT2D eigenvalue weighted by Crippen LogP contribution is 2.17. The number of halogens is 1. The van der Waals surface area contributed by atoms with Crippen LogP contribution in [0.25, 0.3) is 0 Å². The molecule has 7 heteroatoms. The molecule has 5 nitrogen and oxygen atoms in total. The second kappa shape index (κ2) is 7.06. The Kier molecular flexibility index (Phi) is 5.98. The number of hydrogen-bond donors (Lipinski definition) is 1. The molecule has 0 aliphatic heterocycles. The van der Waals surface area contributed by atoms with Crippen LogP contribution in [0.15, 0.2) is 29.2 Å². The van der Waals surface area contributed by atoms with Crippen LogP contribution in [0.4, 0.5) is 0 Å². The van der Waals surface area contributed by atoms with E-state index in [4.69, 9.17) is 11.6 Å². The SMILES string of the molecule is CC[C@H](C)NC(=O)CN(C)S(=O)(=O)c1ccc(Cl)cc1. The second-order valence-corrected chi connectivity index (χ2v) is 7.07. The average molecular weight is 319 g/mol. The minimum absolute atomic E-state index is 0.0223. The number of nitrogens with one attached hydrogen (secondary N) is 1.